The molecule has 0 unspecified atom stereocenters. The highest BCUT2D eigenvalue weighted by atomic mass is 32.2. The zero-order chi connectivity index (χ0) is 14.2. The van der Waals surface area contributed by atoms with Crippen molar-refractivity contribution in [3.05, 3.63) is 64.8 Å². The van der Waals surface area contributed by atoms with Crippen molar-refractivity contribution in [1.82, 2.24) is 0 Å². The molecule has 0 spiro atoms. The highest BCUT2D eigenvalue weighted by Crippen LogP contribution is 2.32. The fraction of sp³-hybridized carbons (Fsp3) is 0.0667. The second-order valence-electron chi connectivity index (χ2n) is 4.37. The first-order chi connectivity index (χ1) is 9.59. The number of hydrogen-bond acceptors (Lipinski definition) is 3. The van der Waals surface area contributed by atoms with Gasteiger partial charge in [-0.1, -0.05) is 30.3 Å². The number of fused-ring (bicyclic) bond motifs is 1. The second kappa shape index (κ2) is 4.76. The van der Waals surface area contributed by atoms with Gasteiger partial charge in [0.25, 0.3) is 0 Å². The summed E-state index contributed by atoms with van der Waals surface area (Å²) in [4.78, 5) is 0.411. The summed E-state index contributed by atoms with van der Waals surface area (Å²) in [5.41, 5.74) is 0.639. The van der Waals surface area contributed by atoms with Gasteiger partial charge in [-0.15, -0.1) is 0 Å². The van der Waals surface area contributed by atoms with Crippen molar-refractivity contribution in [3.8, 4) is 5.75 Å². The monoisotopic (exact) mass is 290 g/mol. The Morgan fingerprint density at radius 3 is 2.45 bits per heavy atom. The van der Waals surface area contributed by atoms with Crippen LogP contribution in [0.15, 0.2) is 58.3 Å². The predicted molar refractivity (Wildman–Crippen MR) is 73.5 cm³/mol. The van der Waals surface area contributed by atoms with Gasteiger partial charge in [0.2, 0.25) is 9.84 Å². The van der Waals surface area contributed by atoms with Gasteiger partial charge in [0.15, 0.2) is 11.6 Å². The van der Waals surface area contributed by atoms with Gasteiger partial charge in [-0.3, -0.25) is 0 Å². The summed E-state index contributed by atoms with van der Waals surface area (Å²) in [5.74, 6) is -0.472. The highest BCUT2D eigenvalue weighted by molar-refractivity contribution is 7.95. The lowest BCUT2D eigenvalue weighted by Crippen LogP contribution is -2.09. The molecule has 1 aliphatic rings. The third kappa shape index (κ3) is 2.10. The molecule has 0 atom stereocenters. The van der Waals surface area contributed by atoms with Gasteiger partial charge in [0.05, 0.1) is 9.80 Å². The Bertz CT molecular complexity index is 794. The van der Waals surface area contributed by atoms with E-state index in [1.54, 1.807) is 42.5 Å². The molecule has 20 heavy (non-hydrogen) atoms. The molecule has 0 aromatic heterocycles. The van der Waals surface area contributed by atoms with Crippen molar-refractivity contribution in [3.63, 3.8) is 0 Å². The molecule has 0 saturated heterocycles. The van der Waals surface area contributed by atoms with Crippen molar-refractivity contribution in [2.24, 2.45) is 0 Å². The molecule has 0 N–H and O–H groups in total. The standard InChI is InChI=1S/C15H11FO3S/c16-13-6-2-3-7-14(13)19-10-12-9-11-5-1-4-8-15(11)20(12,17)18/h1-9H,10H2. The summed E-state index contributed by atoms with van der Waals surface area (Å²) >= 11 is 0. The first-order valence-corrected chi connectivity index (χ1v) is 7.49. The van der Waals surface area contributed by atoms with Gasteiger partial charge in [-0.25, -0.2) is 12.8 Å². The topological polar surface area (TPSA) is 43.4 Å². The van der Waals surface area contributed by atoms with E-state index in [2.05, 4.69) is 0 Å². The van der Waals surface area contributed by atoms with Crippen LogP contribution < -0.4 is 4.74 Å². The van der Waals surface area contributed by atoms with Crippen LogP contribution in [0.25, 0.3) is 6.08 Å². The van der Waals surface area contributed by atoms with E-state index in [-0.39, 0.29) is 22.2 Å². The zero-order valence-electron chi connectivity index (χ0n) is 10.4. The third-order valence-corrected chi connectivity index (χ3v) is 4.95. The van der Waals surface area contributed by atoms with E-state index in [1.165, 1.54) is 12.1 Å². The molecule has 0 aliphatic carbocycles. The van der Waals surface area contributed by atoms with Gasteiger partial charge >= 0.3 is 0 Å². The number of sulfone groups is 1. The van der Waals surface area contributed by atoms with E-state index in [0.29, 0.717) is 5.56 Å². The van der Waals surface area contributed by atoms with Gasteiger partial charge in [-0.2, -0.15) is 0 Å². The lowest BCUT2D eigenvalue weighted by molar-refractivity contribution is 0.338. The normalized spacial score (nSPS) is 15.6. The van der Waals surface area contributed by atoms with E-state index < -0.39 is 15.7 Å². The molecule has 5 heteroatoms. The van der Waals surface area contributed by atoms with Crippen molar-refractivity contribution < 1.29 is 17.5 Å². The fourth-order valence-electron chi connectivity index (χ4n) is 2.07. The summed E-state index contributed by atoms with van der Waals surface area (Å²) in [7, 11) is -3.52. The molecule has 0 radical (unpaired) electrons. The van der Waals surface area contributed by atoms with E-state index >= 15 is 0 Å². The van der Waals surface area contributed by atoms with Gasteiger partial charge < -0.3 is 4.74 Å². The van der Waals surface area contributed by atoms with Crippen LogP contribution in [0.5, 0.6) is 5.75 Å². The van der Waals surface area contributed by atoms with Gasteiger partial charge in [0.1, 0.15) is 6.61 Å². The highest BCUT2D eigenvalue weighted by Gasteiger charge is 2.29. The first kappa shape index (κ1) is 12.9. The van der Waals surface area contributed by atoms with Crippen LogP contribution in [-0.2, 0) is 9.84 Å². The Kier molecular flexibility index (Phi) is 3.06. The minimum atomic E-state index is -3.52. The van der Waals surface area contributed by atoms with Crippen LogP contribution in [0, 0.1) is 5.82 Å². The lowest BCUT2D eigenvalue weighted by Gasteiger charge is -2.07. The van der Waals surface area contributed by atoms with Crippen LogP contribution in [0.1, 0.15) is 5.56 Å². The quantitative estimate of drug-likeness (QED) is 0.872. The van der Waals surface area contributed by atoms with Crippen molar-refractivity contribution in [2.75, 3.05) is 6.61 Å². The molecule has 0 fully saturated rings. The minimum absolute atomic E-state index is 0.0413. The van der Waals surface area contributed by atoms with Crippen LogP contribution in [0.3, 0.4) is 0 Å². The molecule has 102 valence electrons. The molecule has 0 amide bonds. The number of rotatable bonds is 3. The maximum absolute atomic E-state index is 13.4. The average molecular weight is 290 g/mol. The number of benzene rings is 2. The molecule has 1 heterocycles. The Hall–Kier alpha value is -2.14. The summed E-state index contributed by atoms with van der Waals surface area (Å²) < 4.78 is 43.2. The van der Waals surface area contributed by atoms with E-state index in [9.17, 15) is 12.8 Å². The van der Waals surface area contributed by atoms with Crippen LogP contribution in [0.4, 0.5) is 4.39 Å². The van der Waals surface area contributed by atoms with E-state index in [4.69, 9.17) is 4.74 Å². The molecular formula is C15H11FO3S. The average Bonchev–Trinajstić information content (AvgIpc) is 2.70. The molecular weight excluding hydrogens is 279 g/mol. The number of hydrogen-bond donors (Lipinski definition) is 0. The largest absolute Gasteiger partial charge is 0.485 e. The fourth-order valence-corrected chi connectivity index (χ4v) is 3.54. The van der Waals surface area contributed by atoms with Gasteiger partial charge in [-0.05, 0) is 29.8 Å². The zero-order valence-corrected chi connectivity index (χ0v) is 11.2. The lowest BCUT2D eigenvalue weighted by atomic mass is 10.2. The molecule has 0 bridgehead atoms. The van der Waals surface area contributed by atoms with Crippen LogP contribution in [0.2, 0.25) is 0 Å². The van der Waals surface area contributed by atoms with Crippen molar-refractivity contribution in [1.29, 1.82) is 0 Å². The van der Waals surface area contributed by atoms with Gasteiger partial charge in [0, 0.05) is 0 Å². The van der Waals surface area contributed by atoms with Crippen LogP contribution >= 0.6 is 0 Å². The molecule has 1 aliphatic heterocycles. The number of halogens is 1. The summed E-state index contributed by atoms with van der Waals surface area (Å²) in [6.45, 7) is -0.183. The van der Waals surface area contributed by atoms with Crippen molar-refractivity contribution in [2.45, 2.75) is 4.90 Å². The Labute approximate surface area is 116 Å². The molecule has 3 rings (SSSR count). The molecule has 2 aromatic rings. The first-order valence-electron chi connectivity index (χ1n) is 6.01. The summed E-state index contributed by atoms with van der Waals surface area (Å²) in [6.07, 6.45) is 1.56. The maximum Gasteiger partial charge on any atom is 0.206 e. The predicted octanol–water partition coefficient (Wildman–Crippen LogP) is 3.03. The third-order valence-electron chi connectivity index (χ3n) is 3.08. The van der Waals surface area contributed by atoms with E-state index in [1.807, 2.05) is 0 Å². The maximum atomic E-state index is 13.4. The molecule has 3 nitrogen and oxygen atoms in total. The SMILES string of the molecule is O=S1(=O)C(COc2ccccc2F)=Cc2ccccc21. The summed E-state index contributed by atoms with van der Waals surface area (Å²) in [5, 5.41) is 0. The van der Waals surface area contributed by atoms with Crippen LogP contribution in [-0.4, -0.2) is 15.0 Å². The van der Waals surface area contributed by atoms with E-state index in [0.717, 1.165) is 0 Å². The minimum Gasteiger partial charge on any atom is -0.485 e. The number of para-hydroxylation sites is 1. The number of ether oxygens (including phenoxy) is 1. The Balaban J connectivity index is 1.86. The Morgan fingerprint density at radius 1 is 1.00 bits per heavy atom. The summed E-state index contributed by atoms with van der Waals surface area (Å²) in [6, 6.07) is 12.6. The van der Waals surface area contributed by atoms with Crippen molar-refractivity contribution >= 4 is 15.9 Å². The smallest absolute Gasteiger partial charge is 0.206 e. The Morgan fingerprint density at radius 2 is 1.70 bits per heavy atom. The second-order valence-corrected chi connectivity index (χ2v) is 6.34. The molecule has 2 aromatic carbocycles. The molecule has 0 saturated carbocycles.